The molecule has 0 amide bonds. The van der Waals surface area contributed by atoms with Crippen LogP contribution < -0.4 is 9.80 Å². The Bertz CT molecular complexity index is 4030. The zero-order chi connectivity index (χ0) is 53.9. The van der Waals surface area contributed by atoms with Crippen molar-refractivity contribution in [2.24, 2.45) is 0 Å². The van der Waals surface area contributed by atoms with Gasteiger partial charge in [0.2, 0.25) is 0 Å². The van der Waals surface area contributed by atoms with E-state index in [0.29, 0.717) is 0 Å². The van der Waals surface area contributed by atoms with E-state index < -0.39 is 0 Å². The van der Waals surface area contributed by atoms with E-state index in [2.05, 4.69) is 331 Å². The minimum absolute atomic E-state index is 0.880. The maximum absolute atomic E-state index is 6.70. The Kier molecular flexibility index (Phi) is 13.0. The third kappa shape index (κ3) is 9.86. The number of nitrogens with zero attached hydrogens (tertiary/aromatic N) is 2. The molecule has 0 bridgehead atoms. The maximum atomic E-state index is 6.70. The van der Waals surface area contributed by atoms with Crippen LogP contribution in [0.25, 0.3) is 99.8 Å². The van der Waals surface area contributed by atoms with Gasteiger partial charge in [-0.15, -0.1) is 0 Å². The topological polar surface area (TPSA) is 19.6 Å². The molecular weight excluding hydrogens is 981 g/mol. The molecule has 3 nitrogen and oxygen atoms in total. The van der Waals surface area contributed by atoms with Crippen molar-refractivity contribution in [1.82, 2.24) is 0 Å². The minimum Gasteiger partial charge on any atom is -0.455 e. The summed E-state index contributed by atoms with van der Waals surface area (Å²) in [5.74, 6) is 0. The number of hydrogen-bond acceptors (Lipinski definition) is 3. The molecule has 0 saturated carbocycles. The zero-order valence-corrected chi connectivity index (χ0v) is 44.5. The second-order valence-corrected chi connectivity index (χ2v) is 20.5. The maximum Gasteiger partial charge on any atom is 0.143 e. The summed E-state index contributed by atoms with van der Waals surface area (Å²) >= 11 is 0. The first-order valence-electron chi connectivity index (χ1n) is 27.6. The van der Waals surface area contributed by atoms with E-state index in [4.69, 9.17) is 4.42 Å². The van der Waals surface area contributed by atoms with Gasteiger partial charge in [0, 0.05) is 50.5 Å². The molecule has 0 unspecified atom stereocenters. The first-order chi connectivity index (χ1) is 40.1. The molecule has 1 heterocycles. The average Bonchev–Trinajstić information content (AvgIpc) is 3.98. The monoisotopic (exact) mass is 1030 g/mol. The van der Waals surface area contributed by atoms with Crippen molar-refractivity contribution in [3.63, 3.8) is 0 Å². The van der Waals surface area contributed by atoms with Crippen LogP contribution in [0.15, 0.2) is 332 Å². The average molecular weight is 1040 g/mol. The van der Waals surface area contributed by atoms with Gasteiger partial charge < -0.3 is 14.2 Å². The molecule has 14 rings (SSSR count). The van der Waals surface area contributed by atoms with Gasteiger partial charge in [0.25, 0.3) is 0 Å². The molecule has 3 heteroatoms. The van der Waals surface area contributed by atoms with Crippen molar-refractivity contribution >= 4 is 56.1 Å². The van der Waals surface area contributed by atoms with E-state index in [9.17, 15) is 0 Å². The summed E-state index contributed by atoms with van der Waals surface area (Å²) in [5.41, 5.74) is 24.2. The van der Waals surface area contributed by atoms with Crippen LogP contribution in [0.5, 0.6) is 0 Å². The van der Waals surface area contributed by atoms with Crippen LogP contribution in [0.4, 0.5) is 34.1 Å². The molecule has 0 N–H and O–H groups in total. The molecule has 0 aliphatic heterocycles. The third-order valence-electron chi connectivity index (χ3n) is 15.5. The van der Waals surface area contributed by atoms with Crippen molar-refractivity contribution < 1.29 is 4.42 Å². The lowest BCUT2D eigenvalue weighted by Gasteiger charge is -2.26. The predicted octanol–water partition coefficient (Wildman–Crippen LogP) is 22.2. The van der Waals surface area contributed by atoms with Crippen molar-refractivity contribution in [1.29, 1.82) is 0 Å². The van der Waals surface area contributed by atoms with Crippen LogP contribution in [0.1, 0.15) is 0 Å². The molecule has 0 atom stereocenters. The number of para-hydroxylation sites is 2. The molecule has 81 heavy (non-hydrogen) atoms. The molecule has 382 valence electrons. The zero-order valence-electron chi connectivity index (χ0n) is 44.5. The highest BCUT2D eigenvalue weighted by Crippen LogP contribution is 2.43. The number of hydrogen-bond donors (Lipinski definition) is 0. The first-order valence-corrected chi connectivity index (χ1v) is 27.6. The largest absolute Gasteiger partial charge is 0.455 e. The van der Waals surface area contributed by atoms with Gasteiger partial charge in [-0.25, -0.2) is 0 Å². The molecule has 14 aromatic rings. The predicted molar refractivity (Wildman–Crippen MR) is 341 cm³/mol. The molecule has 0 fully saturated rings. The molecule has 0 spiro atoms. The van der Waals surface area contributed by atoms with Gasteiger partial charge in [0.05, 0.1) is 0 Å². The highest BCUT2D eigenvalue weighted by Gasteiger charge is 2.19. The van der Waals surface area contributed by atoms with Crippen LogP contribution in [0.3, 0.4) is 0 Å². The Morgan fingerprint density at radius 3 is 0.778 bits per heavy atom. The van der Waals surface area contributed by atoms with Gasteiger partial charge in [-0.05, 0) is 169 Å². The van der Waals surface area contributed by atoms with Gasteiger partial charge in [-0.3, -0.25) is 0 Å². The van der Waals surface area contributed by atoms with E-state index >= 15 is 0 Å². The van der Waals surface area contributed by atoms with E-state index in [1.165, 1.54) is 44.5 Å². The SMILES string of the molecule is c1ccc(-c2ccc(N(c3ccc(-c4ccccc4)cc3)c3ccc(-c4cc(-c5ccc(N(c6ccc(-c7ccccc7)cc6)c6ccc(-c7ccccc7)cc6)cc5)cc(-c5cccc6c5oc5ccccc56)c4)cc3)cc2)cc1. The van der Waals surface area contributed by atoms with Gasteiger partial charge in [-0.1, -0.05) is 231 Å². The van der Waals surface area contributed by atoms with Crippen LogP contribution in [-0.2, 0) is 0 Å². The fraction of sp³-hybridized carbons (Fsp3) is 0. The van der Waals surface area contributed by atoms with Crippen molar-refractivity contribution in [3.8, 4) is 77.9 Å². The van der Waals surface area contributed by atoms with Gasteiger partial charge in [0.1, 0.15) is 11.2 Å². The van der Waals surface area contributed by atoms with E-state index in [0.717, 1.165) is 89.4 Å². The van der Waals surface area contributed by atoms with Gasteiger partial charge >= 0.3 is 0 Å². The summed E-state index contributed by atoms with van der Waals surface area (Å²) in [7, 11) is 0. The summed E-state index contributed by atoms with van der Waals surface area (Å²) in [6.45, 7) is 0. The Labute approximate surface area is 473 Å². The molecule has 0 radical (unpaired) electrons. The standard InChI is InChI=1S/C78H54N2O/c1-5-16-55(17-6-1)59-28-40-68(41-29-59)79(69-42-30-60(31-43-69)56-18-7-2-8-19-56)72-48-36-63(37-49-72)65-52-66(54-67(53-65)74-25-15-26-76-75-24-13-14-27-77(75)81-78(74)76)64-38-50-73(51-39-64)80(70-44-32-61(33-45-70)57-20-9-3-10-21-57)71-46-34-62(35-47-71)58-22-11-4-12-23-58/h1-54H. The summed E-state index contributed by atoms with van der Waals surface area (Å²) in [6, 6.07) is 118. The molecule has 0 saturated heterocycles. The highest BCUT2D eigenvalue weighted by molar-refractivity contribution is 6.10. The van der Waals surface area contributed by atoms with Gasteiger partial charge in [-0.2, -0.15) is 0 Å². The van der Waals surface area contributed by atoms with E-state index in [-0.39, 0.29) is 0 Å². The fourth-order valence-corrected chi connectivity index (χ4v) is 11.3. The molecule has 0 aliphatic rings. The minimum atomic E-state index is 0.880. The quantitative estimate of drug-likeness (QED) is 0.115. The fourth-order valence-electron chi connectivity index (χ4n) is 11.3. The number of benzene rings is 13. The molecular formula is C78H54N2O. The summed E-state index contributed by atoms with van der Waals surface area (Å²) < 4.78 is 6.70. The van der Waals surface area contributed by atoms with Crippen LogP contribution in [0, 0.1) is 0 Å². The Balaban J connectivity index is 0.856. The lowest BCUT2D eigenvalue weighted by atomic mass is 9.92. The Hall–Kier alpha value is -10.7. The lowest BCUT2D eigenvalue weighted by molar-refractivity contribution is 0.670. The highest BCUT2D eigenvalue weighted by atomic mass is 16.3. The normalized spacial score (nSPS) is 11.2. The summed E-state index contributed by atoms with van der Waals surface area (Å²) in [4.78, 5) is 4.69. The second-order valence-electron chi connectivity index (χ2n) is 20.5. The van der Waals surface area contributed by atoms with Crippen molar-refractivity contribution in [2.75, 3.05) is 9.80 Å². The number of furan rings is 1. The van der Waals surface area contributed by atoms with Gasteiger partial charge in [0.15, 0.2) is 0 Å². The smallest absolute Gasteiger partial charge is 0.143 e. The van der Waals surface area contributed by atoms with Crippen molar-refractivity contribution in [2.45, 2.75) is 0 Å². The number of rotatable bonds is 13. The summed E-state index contributed by atoms with van der Waals surface area (Å²) in [5, 5.41) is 2.21. The molecule has 0 aliphatic carbocycles. The Morgan fingerprint density at radius 2 is 0.444 bits per heavy atom. The van der Waals surface area contributed by atoms with Crippen LogP contribution >= 0.6 is 0 Å². The van der Waals surface area contributed by atoms with E-state index in [1.807, 2.05) is 6.07 Å². The lowest BCUT2D eigenvalue weighted by Crippen LogP contribution is -2.09. The van der Waals surface area contributed by atoms with Crippen LogP contribution in [0.2, 0.25) is 0 Å². The number of fused-ring (bicyclic) bond motifs is 3. The van der Waals surface area contributed by atoms with E-state index in [1.54, 1.807) is 0 Å². The molecule has 1 aromatic heterocycles. The Morgan fingerprint density at radius 1 is 0.185 bits per heavy atom. The van der Waals surface area contributed by atoms with Crippen molar-refractivity contribution in [3.05, 3.63) is 328 Å². The first kappa shape index (κ1) is 48.6. The van der Waals surface area contributed by atoms with Crippen LogP contribution in [-0.4, -0.2) is 0 Å². The third-order valence-corrected chi connectivity index (χ3v) is 15.5. The second kappa shape index (κ2) is 21.6. The number of anilines is 6. The summed E-state index contributed by atoms with van der Waals surface area (Å²) in [6.07, 6.45) is 0. The molecule has 13 aromatic carbocycles.